The molecule has 0 heterocycles. The Kier molecular flexibility index (Phi) is 8.55. The predicted octanol–water partition coefficient (Wildman–Crippen LogP) is 3.28. The molecule has 0 amide bonds. The molecule has 158 valence electrons. The van der Waals surface area contributed by atoms with E-state index in [4.69, 9.17) is 9.39 Å². The van der Waals surface area contributed by atoms with Gasteiger partial charge in [0.25, 0.3) is 0 Å². The first kappa shape index (κ1) is 23.4. The monoisotopic (exact) mass is 409 g/mol. The molecular formula is C21H36BNO4S. The second-order valence-corrected chi connectivity index (χ2v) is 10.2. The van der Waals surface area contributed by atoms with Crippen LogP contribution in [0.2, 0.25) is 0 Å². The topological polar surface area (TPSA) is 73.8 Å². The summed E-state index contributed by atoms with van der Waals surface area (Å²) in [7, 11) is 0.369. The molecule has 2 N–H and O–H groups in total. The second kappa shape index (κ2) is 10.2. The van der Waals surface area contributed by atoms with Gasteiger partial charge in [0.1, 0.15) is 17.2 Å². The van der Waals surface area contributed by atoms with Gasteiger partial charge in [-0.1, -0.05) is 25.3 Å². The van der Waals surface area contributed by atoms with Crippen molar-refractivity contribution in [2.24, 2.45) is 5.92 Å². The minimum absolute atomic E-state index is 0.369. The fraction of sp³-hybridized carbons (Fsp3) is 0.714. The van der Waals surface area contributed by atoms with Gasteiger partial charge in [0, 0.05) is 0 Å². The minimum atomic E-state index is -1.13. The Morgan fingerprint density at radius 1 is 1.21 bits per heavy atom. The van der Waals surface area contributed by atoms with Crippen molar-refractivity contribution >= 4 is 30.0 Å². The Hall–Kier alpha value is -0.885. The molecule has 1 aromatic carbocycles. The van der Waals surface area contributed by atoms with Crippen LogP contribution in [0.15, 0.2) is 18.2 Å². The maximum atomic E-state index is 12.0. The van der Waals surface area contributed by atoms with Crippen LogP contribution in [0.25, 0.3) is 0 Å². The van der Waals surface area contributed by atoms with E-state index in [-0.39, 0.29) is 0 Å². The molecule has 0 aromatic heterocycles. The van der Waals surface area contributed by atoms with Crippen LogP contribution in [0, 0.1) is 5.92 Å². The summed E-state index contributed by atoms with van der Waals surface area (Å²) in [5.74, 6) is 1.84. The zero-order valence-electron chi connectivity index (χ0n) is 18.0. The van der Waals surface area contributed by atoms with Crippen molar-refractivity contribution in [3.63, 3.8) is 0 Å². The van der Waals surface area contributed by atoms with E-state index in [0.717, 1.165) is 16.9 Å². The standard InChI is InChI=1S/C21H36BNO4S/c1-6-28(25)23-18-13-12-17(22-27-21(4,5)20(2,3)24)14-19(18)26-15-16-10-8-7-9-11-16/h12-14,16,22-24H,6-11,15H2,1-5H3. The molecule has 28 heavy (non-hydrogen) atoms. The molecule has 2 rings (SSSR count). The highest BCUT2D eigenvalue weighted by Crippen LogP contribution is 2.29. The molecule has 0 spiro atoms. The summed E-state index contributed by atoms with van der Waals surface area (Å²) in [4.78, 5) is 0. The molecule has 1 atom stereocenters. The van der Waals surface area contributed by atoms with Crippen LogP contribution in [-0.2, 0) is 16.0 Å². The summed E-state index contributed by atoms with van der Waals surface area (Å²) in [6.45, 7) is 9.83. The first-order chi connectivity index (χ1) is 13.1. The molecule has 1 aliphatic carbocycles. The third kappa shape index (κ3) is 6.87. The molecule has 1 aromatic rings. The Morgan fingerprint density at radius 2 is 1.89 bits per heavy atom. The Morgan fingerprint density at radius 3 is 2.50 bits per heavy atom. The van der Waals surface area contributed by atoms with Crippen molar-refractivity contribution in [1.29, 1.82) is 0 Å². The van der Waals surface area contributed by atoms with E-state index in [0.29, 0.717) is 25.8 Å². The largest absolute Gasteiger partial charge is 0.593 e. The van der Waals surface area contributed by atoms with Gasteiger partial charge in [-0.15, -0.1) is 0 Å². The molecule has 1 aliphatic rings. The van der Waals surface area contributed by atoms with Crippen molar-refractivity contribution in [2.75, 3.05) is 17.1 Å². The molecule has 1 unspecified atom stereocenters. The maximum absolute atomic E-state index is 12.0. The van der Waals surface area contributed by atoms with E-state index in [1.165, 1.54) is 32.1 Å². The highest BCUT2D eigenvalue weighted by Gasteiger charge is 2.35. The minimum Gasteiger partial charge on any atom is -0.593 e. The number of benzene rings is 1. The van der Waals surface area contributed by atoms with Crippen LogP contribution < -0.4 is 14.9 Å². The highest BCUT2D eigenvalue weighted by molar-refractivity contribution is 7.92. The van der Waals surface area contributed by atoms with Crippen LogP contribution in [0.5, 0.6) is 5.75 Å². The van der Waals surface area contributed by atoms with Crippen molar-refractivity contribution in [1.82, 2.24) is 0 Å². The quantitative estimate of drug-likeness (QED) is 0.458. The summed E-state index contributed by atoms with van der Waals surface area (Å²) in [6.07, 6.45) is 6.30. The van der Waals surface area contributed by atoms with Gasteiger partial charge in [0.05, 0.1) is 29.2 Å². The predicted molar refractivity (Wildman–Crippen MR) is 119 cm³/mol. The van der Waals surface area contributed by atoms with Gasteiger partial charge in [0.15, 0.2) is 0 Å². The summed E-state index contributed by atoms with van der Waals surface area (Å²) < 4.78 is 27.2. The van der Waals surface area contributed by atoms with E-state index in [1.807, 2.05) is 39.0 Å². The number of hydrogen-bond acceptors (Lipinski definition) is 5. The number of anilines is 1. The van der Waals surface area contributed by atoms with E-state index in [9.17, 15) is 9.66 Å². The number of rotatable bonds is 10. The van der Waals surface area contributed by atoms with Gasteiger partial charge in [-0.2, -0.15) is 0 Å². The van der Waals surface area contributed by atoms with E-state index >= 15 is 0 Å². The third-order valence-electron chi connectivity index (χ3n) is 5.80. The fourth-order valence-corrected chi connectivity index (χ4v) is 3.62. The van der Waals surface area contributed by atoms with Gasteiger partial charge in [-0.3, -0.25) is 0 Å². The molecular weight excluding hydrogens is 373 g/mol. The Balaban J connectivity index is 2.09. The van der Waals surface area contributed by atoms with Crippen LogP contribution >= 0.6 is 0 Å². The SMILES string of the molecule is CC[S+]([O-])Nc1ccc(BOC(C)(C)C(C)(C)O)cc1OCC1CCCCC1. The maximum Gasteiger partial charge on any atom is 0.309 e. The van der Waals surface area contributed by atoms with Crippen molar-refractivity contribution in [3.8, 4) is 5.75 Å². The summed E-state index contributed by atoms with van der Waals surface area (Å²) in [5.41, 5.74) is 0.0779. The Bertz CT molecular complexity index is 615. The van der Waals surface area contributed by atoms with Crippen molar-refractivity contribution < 1.29 is 19.1 Å². The zero-order valence-corrected chi connectivity index (χ0v) is 18.9. The molecule has 0 aliphatic heterocycles. The number of hydrogen-bond donors (Lipinski definition) is 2. The normalized spacial score (nSPS) is 17.2. The second-order valence-electron chi connectivity index (χ2n) is 8.74. The average molecular weight is 409 g/mol. The molecule has 0 bridgehead atoms. The summed E-state index contributed by atoms with van der Waals surface area (Å²) in [5, 5.41) is 10.3. The van der Waals surface area contributed by atoms with Crippen LogP contribution in [0.1, 0.15) is 66.7 Å². The van der Waals surface area contributed by atoms with Crippen molar-refractivity contribution in [2.45, 2.75) is 77.9 Å². The van der Waals surface area contributed by atoms with Crippen LogP contribution in [-0.4, -0.2) is 40.7 Å². The molecule has 5 nitrogen and oxygen atoms in total. The first-order valence-electron chi connectivity index (χ1n) is 10.4. The van der Waals surface area contributed by atoms with Gasteiger partial charge >= 0.3 is 7.48 Å². The third-order valence-corrected chi connectivity index (χ3v) is 6.78. The van der Waals surface area contributed by atoms with Crippen LogP contribution in [0.3, 0.4) is 0 Å². The summed E-state index contributed by atoms with van der Waals surface area (Å²) >= 11 is -1.13. The highest BCUT2D eigenvalue weighted by atomic mass is 32.2. The fourth-order valence-electron chi connectivity index (χ4n) is 3.06. The molecule has 0 radical (unpaired) electrons. The summed E-state index contributed by atoms with van der Waals surface area (Å²) in [6, 6.07) is 5.81. The van der Waals surface area contributed by atoms with E-state index < -0.39 is 22.6 Å². The van der Waals surface area contributed by atoms with Crippen LogP contribution in [0.4, 0.5) is 5.69 Å². The van der Waals surface area contributed by atoms with E-state index in [1.54, 1.807) is 13.8 Å². The average Bonchev–Trinajstić information content (AvgIpc) is 2.65. The molecule has 0 saturated heterocycles. The van der Waals surface area contributed by atoms with Gasteiger partial charge in [-0.05, 0) is 71.0 Å². The van der Waals surface area contributed by atoms with Gasteiger partial charge < -0.3 is 19.1 Å². The number of aliphatic hydroxyl groups is 1. The van der Waals surface area contributed by atoms with Crippen molar-refractivity contribution in [3.05, 3.63) is 18.2 Å². The van der Waals surface area contributed by atoms with E-state index in [2.05, 4.69) is 4.72 Å². The lowest BCUT2D eigenvalue weighted by molar-refractivity contribution is -0.0893. The number of ether oxygens (including phenoxy) is 1. The molecule has 1 saturated carbocycles. The lowest BCUT2D eigenvalue weighted by Gasteiger charge is -2.37. The Labute approximate surface area is 174 Å². The molecule has 7 heteroatoms. The number of nitrogens with one attached hydrogen (secondary N) is 1. The van der Waals surface area contributed by atoms with Gasteiger partial charge in [0.2, 0.25) is 0 Å². The van der Waals surface area contributed by atoms with Gasteiger partial charge in [-0.25, -0.2) is 4.72 Å². The lowest BCUT2D eigenvalue weighted by atomic mass is 9.82. The smallest absolute Gasteiger partial charge is 0.309 e. The molecule has 1 fully saturated rings. The lowest BCUT2D eigenvalue weighted by Crippen LogP contribution is -2.49. The zero-order chi connectivity index (χ0) is 20.8. The first-order valence-corrected chi connectivity index (χ1v) is 11.7.